The van der Waals surface area contributed by atoms with Crippen LogP contribution in [0.15, 0.2) is 52.4 Å². The summed E-state index contributed by atoms with van der Waals surface area (Å²) in [6.07, 6.45) is 6.91. The number of carboxylic acids is 1. The molecule has 0 saturated carbocycles. The fraction of sp³-hybridized carbons (Fsp3) is 0.136. The zero-order valence-electron chi connectivity index (χ0n) is 16.0. The van der Waals surface area contributed by atoms with E-state index in [-0.39, 0.29) is 18.1 Å². The summed E-state index contributed by atoms with van der Waals surface area (Å²) in [4.78, 5) is 30.5. The molecule has 1 aliphatic heterocycles. The lowest BCUT2D eigenvalue weighted by Crippen LogP contribution is -2.28. The van der Waals surface area contributed by atoms with Gasteiger partial charge in [-0.25, -0.2) is 9.79 Å². The van der Waals surface area contributed by atoms with Crippen molar-refractivity contribution in [2.24, 2.45) is 4.99 Å². The average molecular weight is 441 g/mol. The minimum Gasteiger partial charge on any atom is -0.479 e. The normalized spacial score (nSPS) is 16.2. The third-order valence-electron chi connectivity index (χ3n) is 4.09. The summed E-state index contributed by atoms with van der Waals surface area (Å²) in [5.41, 5.74) is 1.32. The number of aliphatic imine (C=N–C) groups is 1. The Bertz CT molecular complexity index is 1100. The molecule has 0 unspecified atom stereocenters. The Labute approximate surface area is 183 Å². The Hall–Kier alpha value is -3.21. The molecule has 1 heterocycles. The van der Waals surface area contributed by atoms with E-state index in [2.05, 4.69) is 10.9 Å². The van der Waals surface area contributed by atoms with Crippen LogP contribution < -0.4 is 4.74 Å². The van der Waals surface area contributed by atoms with Gasteiger partial charge in [-0.15, -0.1) is 6.42 Å². The number of benzene rings is 2. The van der Waals surface area contributed by atoms with E-state index in [9.17, 15) is 9.59 Å². The van der Waals surface area contributed by atoms with E-state index in [1.54, 1.807) is 36.4 Å². The first-order valence-corrected chi connectivity index (χ1v) is 10.1. The van der Waals surface area contributed by atoms with Crippen molar-refractivity contribution in [3.8, 4) is 18.1 Å². The fourth-order valence-electron chi connectivity index (χ4n) is 2.68. The maximum absolute atomic E-state index is 12.8. The van der Waals surface area contributed by atoms with Crippen LogP contribution >= 0.6 is 23.4 Å². The highest BCUT2D eigenvalue weighted by atomic mass is 35.5. The molecule has 1 amide bonds. The van der Waals surface area contributed by atoms with Crippen LogP contribution in [0.25, 0.3) is 6.08 Å². The number of rotatable bonds is 6. The number of halogens is 1. The lowest BCUT2D eigenvalue weighted by atomic mass is 10.2. The number of carboxylic acid groups (broad SMARTS) is 1. The molecule has 3 rings (SSSR count). The average Bonchev–Trinajstić information content (AvgIpc) is 3.01. The van der Waals surface area contributed by atoms with E-state index in [0.29, 0.717) is 33.1 Å². The summed E-state index contributed by atoms with van der Waals surface area (Å²) in [6, 6.07) is 11.4. The lowest BCUT2D eigenvalue weighted by Gasteiger charge is -2.12. The molecule has 1 N–H and O–H groups in total. The highest BCUT2D eigenvalue weighted by Gasteiger charge is 2.32. The zero-order chi connectivity index (χ0) is 21.7. The number of nitrogens with zero attached hydrogens (tertiary/aromatic N) is 2. The van der Waals surface area contributed by atoms with E-state index >= 15 is 0 Å². The quantitative estimate of drug-likeness (QED) is 0.521. The van der Waals surface area contributed by atoms with Gasteiger partial charge in [-0.05, 0) is 60.7 Å². The molecule has 152 valence electrons. The van der Waals surface area contributed by atoms with Crippen molar-refractivity contribution in [2.75, 3.05) is 13.2 Å². The van der Waals surface area contributed by atoms with Gasteiger partial charge in [0.15, 0.2) is 5.17 Å². The first-order chi connectivity index (χ1) is 14.4. The zero-order valence-corrected chi connectivity index (χ0v) is 17.5. The standard InChI is InChI=1S/C22H17ClN2O4S/c1-3-10-29-18-9-8-14(11-17(18)23)12-19-20(26)25(4-2)22(30-19)24-16-7-5-6-15(13-16)21(27)28/h1,5-9,11-13H,4,10H2,2H3,(H,27,28). The van der Waals surface area contributed by atoms with Gasteiger partial charge in [0.25, 0.3) is 5.91 Å². The molecular formula is C22H17ClN2O4S. The van der Waals surface area contributed by atoms with E-state index in [0.717, 1.165) is 5.56 Å². The van der Waals surface area contributed by atoms with E-state index < -0.39 is 5.97 Å². The molecule has 6 nitrogen and oxygen atoms in total. The third kappa shape index (κ3) is 4.85. The molecule has 1 fully saturated rings. The molecule has 2 aromatic carbocycles. The monoisotopic (exact) mass is 440 g/mol. The van der Waals surface area contributed by atoms with Gasteiger partial charge in [0, 0.05) is 6.54 Å². The Morgan fingerprint density at radius 3 is 2.83 bits per heavy atom. The molecule has 2 aromatic rings. The minimum absolute atomic E-state index is 0.114. The molecule has 0 atom stereocenters. The van der Waals surface area contributed by atoms with Crippen molar-refractivity contribution in [3.63, 3.8) is 0 Å². The molecule has 8 heteroatoms. The smallest absolute Gasteiger partial charge is 0.335 e. The predicted octanol–water partition coefficient (Wildman–Crippen LogP) is 4.67. The van der Waals surface area contributed by atoms with Gasteiger partial charge in [-0.1, -0.05) is 29.7 Å². The van der Waals surface area contributed by atoms with Crippen LogP contribution in [-0.2, 0) is 4.79 Å². The molecule has 0 spiro atoms. The number of thioether (sulfide) groups is 1. The number of ether oxygens (including phenoxy) is 1. The Kier molecular flexibility index (Phi) is 6.83. The number of amides is 1. The van der Waals surface area contributed by atoms with Crippen molar-refractivity contribution in [1.82, 2.24) is 4.90 Å². The summed E-state index contributed by atoms with van der Waals surface area (Å²) < 4.78 is 5.35. The second kappa shape index (κ2) is 9.53. The van der Waals surface area contributed by atoms with Gasteiger partial charge < -0.3 is 9.84 Å². The van der Waals surface area contributed by atoms with Crippen molar-refractivity contribution in [2.45, 2.75) is 6.92 Å². The van der Waals surface area contributed by atoms with Crippen LogP contribution in [0.5, 0.6) is 5.75 Å². The highest BCUT2D eigenvalue weighted by Crippen LogP contribution is 2.35. The van der Waals surface area contributed by atoms with Gasteiger partial charge in [0.2, 0.25) is 0 Å². The van der Waals surface area contributed by atoms with Crippen molar-refractivity contribution in [3.05, 3.63) is 63.5 Å². The number of amidine groups is 1. The Balaban J connectivity index is 1.89. The highest BCUT2D eigenvalue weighted by molar-refractivity contribution is 8.18. The molecule has 1 aliphatic rings. The predicted molar refractivity (Wildman–Crippen MR) is 119 cm³/mol. The van der Waals surface area contributed by atoms with Crippen LogP contribution in [0.4, 0.5) is 5.69 Å². The lowest BCUT2D eigenvalue weighted by molar-refractivity contribution is -0.122. The molecule has 30 heavy (non-hydrogen) atoms. The van der Waals surface area contributed by atoms with Gasteiger partial charge in [-0.3, -0.25) is 9.69 Å². The first-order valence-electron chi connectivity index (χ1n) is 8.92. The Morgan fingerprint density at radius 2 is 2.17 bits per heavy atom. The topological polar surface area (TPSA) is 79.2 Å². The van der Waals surface area contributed by atoms with Crippen LogP contribution in [0.2, 0.25) is 5.02 Å². The van der Waals surface area contributed by atoms with Gasteiger partial charge in [0.05, 0.1) is 21.2 Å². The van der Waals surface area contributed by atoms with Crippen molar-refractivity contribution >= 4 is 52.2 Å². The van der Waals surface area contributed by atoms with Crippen LogP contribution in [0, 0.1) is 12.3 Å². The molecule has 0 bridgehead atoms. The minimum atomic E-state index is -1.04. The molecule has 0 aromatic heterocycles. The molecule has 0 aliphatic carbocycles. The van der Waals surface area contributed by atoms with E-state index in [4.69, 9.17) is 27.9 Å². The van der Waals surface area contributed by atoms with Crippen molar-refractivity contribution < 1.29 is 19.4 Å². The number of hydrogen-bond acceptors (Lipinski definition) is 5. The fourth-order valence-corrected chi connectivity index (χ4v) is 3.99. The largest absolute Gasteiger partial charge is 0.479 e. The van der Waals surface area contributed by atoms with Crippen LogP contribution in [-0.4, -0.2) is 40.2 Å². The second-order valence-corrected chi connectivity index (χ2v) is 7.51. The summed E-state index contributed by atoms with van der Waals surface area (Å²) in [5.74, 6) is 1.63. The Morgan fingerprint density at radius 1 is 1.37 bits per heavy atom. The van der Waals surface area contributed by atoms with E-state index in [1.165, 1.54) is 28.8 Å². The number of aromatic carboxylic acids is 1. The SMILES string of the molecule is C#CCOc1ccc(C=C2SC(=Nc3cccc(C(=O)O)c3)N(CC)C2=O)cc1Cl. The number of carbonyl (C=O) groups excluding carboxylic acids is 1. The van der Waals surface area contributed by atoms with Crippen molar-refractivity contribution in [1.29, 1.82) is 0 Å². The number of carbonyl (C=O) groups is 2. The summed E-state index contributed by atoms with van der Waals surface area (Å²) in [5, 5.41) is 10.0. The summed E-state index contributed by atoms with van der Waals surface area (Å²) >= 11 is 7.44. The maximum Gasteiger partial charge on any atom is 0.335 e. The third-order valence-corrected chi connectivity index (χ3v) is 5.39. The van der Waals surface area contributed by atoms with Crippen LogP contribution in [0.3, 0.4) is 0 Å². The van der Waals surface area contributed by atoms with Crippen LogP contribution in [0.1, 0.15) is 22.8 Å². The second-order valence-electron chi connectivity index (χ2n) is 6.09. The van der Waals surface area contributed by atoms with Gasteiger partial charge in [-0.2, -0.15) is 0 Å². The summed E-state index contributed by atoms with van der Waals surface area (Å²) in [7, 11) is 0. The molecule has 0 radical (unpaired) electrons. The van der Waals surface area contributed by atoms with Gasteiger partial charge in [0.1, 0.15) is 12.4 Å². The number of likely N-dealkylation sites (N-methyl/N-ethyl adjacent to an activating group) is 1. The first kappa shape index (κ1) is 21.5. The summed E-state index contributed by atoms with van der Waals surface area (Å²) in [6.45, 7) is 2.39. The van der Waals surface area contributed by atoms with E-state index in [1.807, 2.05) is 6.92 Å². The number of terminal acetylenes is 1. The molecule has 1 saturated heterocycles. The van der Waals surface area contributed by atoms with Gasteiger partial charge >= 0.3 is 5.97 Å². The molecular weight excluding hydrogens is 424 g/mol. The number of hydrogen-bond donors (Lipinski definition) is 1. The maximum atomic E-state index is 12.8.